The van der Waals surface area contributed by atoms with Crippen LogP contribution in [0.1, 0.15) is 104 Å². The summed E-state index contributed by atoms with van der Waals surface area (Å²) in [5.41, 5.74) is 5.56. The van der Waals surface area contributed by atoms with E-state index in [2.05, 4.69) is 42.5 Å². The molecule has 33 heteroatoms. The molecular formula is C56H87N11O21S. The van der Waals surface area contributed by atoms with Crippen molar-refractivity contribution in [3.8, 4) is 5.75 Å². The summed E-state index contributed by atoms with van der Waals surface area (Å²) in [5.74, 6) is -13.7. The highest BCUT2D eigenvalue weighted by molar-refractivity contribution is 8.00. The first-order valence-electron chi connectivity index (χ1n) is 29.2. The molecule has 2 saturated heterocycles. The lowest BCUT2D eigenvalue weighted by molar-refractivity contribution is -0.145. The molecule has 2 aliphatic heterocycles. The minimum Gasteiger partial charge on any atom is -0.508 e. The molecule has 89 heavy (non-hydrogen) atoms. The van der Waals surface area contributed by atoms with E-state index in [1.807, 2.05) is 0 Å². The van der Waals surface area contributed by atoms with Gasteiger partial charge < -0.3 is 93.9 Å². The van der Waals surface area contributed by atoms with Crippen molar-refractivity contribution in [2.75, 3.05) is 45.1 Å². The molecule has 1 aromatic carbocycles. The number of phenolic OH excluding ortho intramolecular Hbond substituents is 1. The van der Waals surface area contributed by atoms with Crippen LogP contribution in [0.25, 0.3) is 0 Å². The lowest BCUT2D eigenvalue weighted by Gasteiger charge is -2.43. The van der Waals surface area contributed by atoms with Crippen molar-refractivity contribution in [1.29, 1.82) is 0 Å². The highest BCUT2D eigenvalue weighted by Crippen LogP contribution is 2.27. The van der Waals surface area contributed by atoms with Gasteiger partial charge in [-0.05, 0) is 76.1 Å². The van der Waals surface area contributed by atoms with Crippen LogP contribution in [0.5, 0.6) is 5.75 Å². The fourth-order valence-corrected chi connectivity index (χ4v) is 10.8. The number of thioether (sulfide) groups is 1. The van der Waals surface area contributed by atoms with Crippen molar-refractivity contribution in [1.82, 2.24) is 52.3 Å². The summed E-state index contributed by atoms with van der Waals surface area (Å²) in [6, 6.07) is -8.45. The molecule has 2 fully saturated rings. The van der Waals surface area contributed by atoms with Crippen LogP contribution in [0.2, 0.25) is 0 Å². The summed E-state index contributed by atoms with van der Waals surface area (Å²) in [6.45, 7) is 5.85. The third-order valence-corrected chi connectivity index (χ3v) is 15.9. The smallest absolute Gasteiger partial charge is 0.327 e. The third-order valence-electron chi connectivity index (χ3n) is 14.6. The number of hydrogen-bond donors (Lipinski definition) is 17. The maximum absolute atomic E-state index is 14.4. The van der Waals surface area contributed by atoms with Crippen LogP contribution in [-0.2, 0) is 68.7 Å². The predicted octanol–water partition coefficient (Wildman–Crippen LogP) is -5.65. The lowest BCUT2D eigenvalue weighted by atomic mass is 9.94. The second kappa shape index (κ2) is 37.6. The first kappa shape index (κ1) is 75.8. The molecule has 0 bridgehead atoms. The zero-order valence-corrected chi connectivity index (χ0v) is 51.2. The average Bonchev–Trinajstić information content (AvgIpc) is 3.98. The van der Waals surface area contributed by atoms with E-state index in [0.29, 0.717) is 31.2 Å². The van der Waals surface area contributed by atoms with Gasteiger partial charge >= 0.3 is 11.9 Å². The van der Waals surface area contributed by atoms with Crippen molar-refractivity contribution in [2.24, 2.45) is 11.7 Å². The van der Waals surface area contributed by atoms with Crippen LogP contribution in [-0.4, -0.2) is 251 Å². The summed E-state index contributed by atoms with van der Waals surface area (Å²) in [7, 11) is 0. The number of carboxylic acid groups (broad SMARTS) is 2. The molecule has 0 aromatic heterocycles. The molecule has 2 heterocycles. The van der Waals surface area contributed by atoms with Crippen molar-refractivity contribution in [2.45, 2.75) is 183 Å². The zero-order chi connectivity index (χ0) is 66.8. The molecule has 2 aliphatic rings. The Balaban J connectivity index is 1.80. The number of nitrogens with two attached hydrogens (primary N) is 1. The number of carbonyl (C=O) groups excluding carboxylic acids is 11. The van der Waals surface area contributed by atoms with E-state index in [4.69, 9.17) is 5.73 Å². The van der Waals surface area contributed by atoms with Crippen LogP contribution >= 0.6 is 11.8 Å². The number of aliphatic hydroxyl groups excluding tert-OH is 5. The van der Waals surface area contributed by atoms with Crippen molar-refractivity contribution >= 4 is 88.6 Å². The fourth-order valence-electron chi connectivity index (χ4n) is 9.57. The van der Waals surface area contributed by atoms with Gasteiger partial charge in [-0.15, -0.1) is 11.8 Å². The van der Waals surface area contributed by atoms with Gasteiger partial charge in [-0.3, -0.25) is 62.5 Å². The highest BCUT2D eigenvalue weighted by Gasteiger charge is 2.43. The Morgan fingerprint density at radius 1 is 0.663 bits per heavy atom. The number of carboxylic acids is 2. The van der Waals surface area contributed by atoms with Gasteiger partial charge in [-0.1, -0.05) is 45.7 Å². The molecule has 1 aromatic rings. The molecule has 3 rings (SSSR count). The monoisotopic (exact) mass is 1280 g/mol. The topological polar surface area (TPSA) is 512 Å². The molecule has 13 atom stereocenters. The molecule has 0 aliphatic carbocycles. The Bertz CT molecular complexity index is 2640. The van der Waals surface area contributed by atoms with E-state index in [9.17, 15) is 103 Å². The number of rotatable bonds is 39. The van der Waals surface area contributed by atoms with E-state index >= 15 is 0 Å². The van der Waals surface area contributed by atoms with Gasteiger partial charge in [0.2, 0.25) is 59.1 Å². The number of piperidine rings is 1. The number of aliphatic carboxylic acids is 2. The molecular weight excluding hydrogens is 1190 g/mol. The Labute approximate surface area is 518 Å². The van der Waals surface area contributed by atoms with Gasteiger partial charge in [-0.25, -0.2) is 4.79 Å². The summed E-state index contributed by atoms with van der Waals surface area (Å²) >= 11 is 0.827. The van der Waals surface area contributed by atoms with Crippen molar-refractivity contribution < 1.29 is 103 Å². The molecule has 0 spiro atoms. The number of nitrogens with one attached hydrogen (secondary N) is 8. The molecule has 32 nitrogen and oxygen atoms in total. The quantitative estimate of drug-likeness (QED) is 0.0216. The minimum absolute atomic E-state index is 0.00448. The SMILES string of the molecule is CCCCC(NC(=O)C(CCC(C)=O)NC(=O)C(Cc1ccc(O)cc1)NC(=O)C(CC(=O)O)NC(=O)C(CO)NC(=O)C(C)NC(=O)CN)C(=O)NC(CC(C)C)C(=O)NC(CSC1CC(=O)N(CCCCN2CC(O)C(O)C(O)C2CO)C1=O)C(=O)O. The summed E-state index contributed by atoms with van der Waals surface area (Å²) in [6.07, 6.45) is -5.17. The van der Waals surface area contributed by atoms with E-state index in [0.717, 1.165) is 16.7 Å². The Morgan fingerprint density at radius 2 is 1.19 bits per heavy atom. The predicted molar refractivity (Wildman–Crippen MR) is 315 cm³/mol. The largest absolute Gasteiger partial charge is 0.508 e. The van der Waals surface area contributed by atoms with Gasteiger partial charge in [0.15, 0.2) is 0 Å². The van der Waals surface area contributed by atoms with Gasteiger partial charge in [0.05, 0.1) is 43.6 Å². The van der Waals surface area contributed by atoms with E-state index in [1.165, 1.54) is 38.1 Å². The standard InChI is InChI=1S/C56H87N11O21S/c1-6-7-10-33(49(80)61-35(19-28(2)3)51(82)65-39(56(87)88)27-89-42-22-44(74)67(55(42)86)18-9-8-17-66-24-41(72)47(78)46(77)40(66)26-69)59-50(81)34(16-11-29(4)70)60-52(83)36(20-31-12-14-32(71)15-13-31)62-53(84)37(21-45(75)76)63-54(85)38(25-68)64-48(79)30(5)58-43(73)23-57/h12-15,28,30,33-42,46-47,68-69,71-72,77-78H,6-11,16-27,57H2,1-5H3,(H,58,73)(H,59,81)(H,60,83)(H,61,80)(H,62,84)(H,63,85)(H,64,79)(H,65,82)(H,75,76)(H,87,88). The molecule has 0 radical (unpaired) electrons. The fraction of sp³-hybridized carbons (Fsp3) is 0.661. The van der Waals surface area contributed by atoms with E-state index < -0.39 is 187 Å². The number of aliphatic hydroxyl groups is 5. The summed E-state index contributed by atoms with van der Waals surface area (Å²) in [4.78, 5) is 175. The first-order valence-corrected chi connectivity index (χ1v) is 30.3. The number of unbranched alkanes of at least 4 members (excludes halogenated alkanes) is 2. The second-order valence-electron chi connectivity index (χ2n) is 22.3. The molecule has 10 amide bonds. The number of nitrogens with zero attached hydrogens (tertiary/aromatic N) is 2. The highest BCUT2D eigenvalue weighted by atomic mass is 32.2. The number of hydrogen-bond acceptors (Lipinski definition) is 22. The molecule has 0 saturated carbocycles. The lowest BCUT2D eigenvalue weighted by Crippen LogP contribution is -2.62. The van der Waals surface area contributed by atoms with Crippen LogP contribution in [0.4, 0.5) is 0 Å². The maximum atomic E-state index is 14.4. The van der Waals surface area contributed by atoms with Gasteiger partial charge in [0.25, 0.3) is 0 Å². The van der Waals surface area contributed by atoms with Crippen LogP contribution < -0.4 is 48.3 Å². The number of Topliss-reactive ketones (excluding diaryl/α,β-unsaturated/α-hetero) is 1. The number of ketones is 1. The third kappa shape index (κ3) is 24.8. The Hall–Kier alpha value is -7.40. The van der Waals surface area contributed by atoms with Crippen LogP contribution in [0, 0.1) is 5.92 Å². The number of carbonyl (C=O) groups is 13. The van der Waals surface area contributed by atoms with Gasteiger partial charge in [0.1, 0.15) is 72.1 Å². The zero-order valence-electron chi connectivity index (χ0n) is 50.4. The van der Waals surface area contributed by atoms with Crippen molar-refractivity contribution in [3.63, 3.8) is 0 Å². The Morgan fingerprint density at radius 3 is 1.75 bits per heavy atom. The normalized spacial score (nSPS) is 20.3. The average molecular weight is 1280 g/mol. The molecule has 498 valence electrons. The number of imide groups is 1. The van der Waals surface area contributed by atoms with Crippen molar-refractivity contribution in [3.05, 3.63) is 29.8 Å². The number of β-amino-alcohol motifs (C(OH)–C–C–N with tert-alkyl or cyclic N) is 1. The van der Waals surface area contributed by atoms with E-state index in [1.54, 1.807) is 25.7 Å². The number of phenols is 1. The number of aromatic hydroxyl groups is 1. The van der Waals surface area contributed by atoms with Gasteiger partial charge in [0, 0.05) is 38.1 Å². The second-order valence-corrected chi connectivity index (χ2v) is 23.6. The van der Waals surface area contributed by atoms with Crippen LogP contribution in [0.3, 0.4) is 0 Å². The number of benzene rings is 1. The summed E-state index contributed by atoms with van der Waals surface area (Å²) in [5, 5.41) is 98.0. The number of likely N-dealkylation sites (tertiary alicyclic amines) is 2. The molecule has 13 unspecified atom stereocenters. The van der Waals surface area contributed by atoms with Gasteiger partial charge in [-0.2, -0.15) is 0 Å². The molecule has 18 N–H and O–H groups in total. The number of amides is 10. The minimum atomic E-state index is -1.99. The van der Waals surface area contributed by atoms with E-state index in [-0.39, 0.29) is 69.2 Å². The first-order chi connectivity index (χ1) is 41.9. The van der Waals surface area contributed by atoms with Crippen LogP contribution in [0.15, 0.2) is 24.3 Å². The summed E-state index contributed by atoms with van der Waals surface area (Å²) < 4.78 is 0. The maximum Gasteiger partial charge on any atom is 0.327 e. The Kier molecular flexibility index (Phi) is 32.0.